The molecule has 3 rings (SSSR count). The number of carbonyl (C=O) groups excluding carboxylic acids is 1. The summed E-state index contributed by atoms with van der Waals surface area (Å²) in [7, 11) is 0. The van der Waals surface area contributed by atoms with Crippen LogP contribution >= 0.6 is 11.3 Å². The number of hydrogen-bond donors (Lipinski definition) is 0. The Bertz CT molecular complexity index is 558. The Labute approximate surface area is 130 Å². The van der Waals surface area contributed by atoms with Crippen molar-refractivity contribution in [2.24, 2.45) is 0 Å². The molecule has 3 heteroatoms. The molecule has 1 amide bonds. The molecule has 0 bridgehead atoms. The first kappa shape index (κ1) is 14.3. The van der Waals surface area contributed by atoms with Crippen LogP contribution in [0.1, 0.15) is 36.1 Å². The summed E-state index contributed by atoms with van der Waals surface area (Å²) in [5.74, 6) is 0.265. The Morgan fingerprint density at radius 3 is 2.52 bits per heavy atom. The van der Waals surface area contributed by atoms with Crippen LogP contribution in [0.5, 0.6) is 0 Å². The average Bonchev–Trinajstić information content (AvgIpc) is 3.19. The molecular formula is C18H21NOS. The lowest BCUT2D eigenvalue weighted by Gasteiger charge is -2.29. The van der Waals surface area contributed by atoms with Crippen molar-refractivity contribution in [1.29, 1.82) is 0 Å². The second kappa shape index (κ2) is 6.90. The van der Waals surface area contributed by atoms with E-state index in [0.29, 0.717) is 12.5 Å². The van der Waals surface area contributed by atoms with Crippen molar-refractivity contribution in [3.63, 3.8) is 0 Å². The maximum absolute atomic E-state index is 12.8. The van der Waals surface area contributed by atoms with Gasteiger partial charge < -0.3 is 4.90 Å². The molecule has 1 aromatic heterocycles. The summed E-state index contributed by atoms with van der Waals surface area (Å²) in [5.41, 5.74) is 1.11. The molecule has 1 aliphatic rings. The molecule has 21 heavy (non-hydrogen) atoms. The summed E-state index contributed by atoms with van der Waals surface area (Å²) >= 11 is 1.74. The first-order valence-electron chi connectivity index (χ1n) is 7.69. The molecule has 0 atom stereocenters. The number of rotatable bonds is 5. The summed E-state index contributed by atoms with van der Waals surface area (Å²) < 4.78 is 0. The van der Waals surface area contributed by atoms with E-state index in [1.807, 2.05) is 30.3 Å². The van der Waals surface area contributed by atoms with E-state index in [-0.39, 0.29) is 5.91 Å². The second-order valence-corrected chi connectivity index (χ2v) is 6.73. The van der Waals surface area contributed by atoms with Gasteiger partial charge in [-0.25, -0.2) is 0 Å². The molecule has 110 valence electrons. The summed E-state index contributed by atoms with van der Waals surface area (Å²) in [6, 6.07) is 14.7. The van der Waals surface area contributed by atoms with Crippen molar-refractivity contribution >= 4 is 17.2 Å². The van der Waals surface area contributed by atoms with Gasteiger partial charge in [-0.1, -0.05) is 49.2 Å². The normalized spacial score (nSPS) is 15.2. The van der Waals surface area contributed by atoms with Gasteiger partial charge in [0.05, 0.1) is 13.0 Å². The molecule has 0 spiro atoms. The van der Waals surface area contributed by atoms with Crippen LogP contribution in [0.2, 0.25) is 0 Å². The van der Waals surface area contributed by atoms with Gasteiger partial charge in [-0.3, -0.25) is 4.79 Å². The predicted molar refractivity (Wildman–Crippen MR) is 87.3 cm³/mol. The van der Waals surface area contributed by atoms with Gasteiger partial charge in [-0.15, -0.1) is 11.3 Å². The molecule has 1 heterocycles. The van der Waals surface area contributed by atoms with Crippen LogP contribution in [-0.4, -0.2) is 16.8 Å². The van der Waals surface area contributed by atoms with Crippen molar-refractivity contribution in [3.05, 3.63) is 58.3 Å². The predicted octanol–water partition coefficient (Wildman–Crippen LogP) is 4.26. The molecule has 0 saturated heterocycles. The molecule has 1 aromatic carbocycles. The van der Waals surface area contributed by atoms with E-state index in [2.05, 4.69) is 22.4 Å². The van der Waals surface area contributed by atoms with Gasteiger partial charge in [0, 0.05) is 10.9 Å². The molecule has 0 aliphatic heterocycles. The van der Waals surface area contributed by atoms with Crippen molar-refractivity contribution in [3.8, 4) is 0 Å². The van der Waals surface area contributed by atoms with E-state index in [4.69, 9.17) is 0 Å². The Morgan fingerprint density at radius 2 is 1.86 bits per heavy atom. The lowest BCUT2D eigenvalue weighted by molar-refractivity contribution is -0.133. The fraction of sp³-hybridized carbons (Fsp3) is 0.389. The minimum Gasteiger partial charge on any atom is -0.334 e. The Kier molecular flexibility index (Phi) is 4.71. The van der Waals surface area contributed by atoms with Gasteiger partial charge in [0.25, 0.3) is 0 Å². The molecule has 1 fully saturated rings. The SMILES string of the molecule is O=C(Cc1ccccc1)N(Cc1cccs1)C1CCCC1. The Balaban J connectivity index is 1.72. The quantitative estimate of drug-likeness (QED) is 0.807. The average molecular weight is 299 g/mol. The summed E-state index contributed by atoms with van der Waals surface area (Å²) in [6.45, 7) is 0.772. The molecule has 0 unspecified atom stereocenters. The largest absolute Gasteiger partial charge is 0.334 e. The highest BCUT2D eigenvalue weighted by atomic mass is 32.1. The first-order chi connectivity index (χ1) is 10.3. The van der Waals surface area contributed by atoms with Gasteiger partial charge >= 0.3 is 0 Å². The standard InChI is InChI=1S/C18H21NOS/c20-18(13-15-7-2-1-3-8-15)19(16-9-4-5-10-16)14-17-11-6-12-21-17/h1-3,6-8,11-12,16H,4-5,9-10,13-14H2. The zero-order valence-electron chi connectivity index (χ0n) is 12.2. The summed E-state index contributed by atoms with van der Waals surface area (Å²) in [5, 5.41) is 2.09. The van der Waals surface area contributed by atoms with Crippen LogP contribution < -0.4 is 0 Å². The number of benzene rings is 1. The van der Waals surface area contributed by atoms with Crippen molar-refractivity contribution in [2.45, 2.75) is 44.7 Å². The van der Waals surface area contributed by atoms with Gasteiger partial charge in [-0.05, 0) is 29.9 Å². The van der Waals surface area contributed by atoms with E-state index >= 15 is 0 Å². The van der Waals surface area contributed by atoms with Crippen LogP contribution in [0.15, 0.2) is 47.8 Å². The van der Waals surface area contributed by atoms with Crippen LogP contribution in [0.3, 0.4) is 0 Å². The molecule has 1 saturated carbocycles. The molecule has 0 radical (unpaired) electrons. The smallest absolute Gasteiger partial charge is 0.227 e. The molecular weight excluding hydrogens is 278 g/mol. The molecule has 2 nitrogen and oxygen atoms in total. The fourth-order valence-electron chi connectivity index (χ4n) is 3.08. The number of nitrogens with zero attached hydrogens (tertiary/aromatic N) is 1. The van der Waals surface area contributed by atoms with Gasteiger partial charge in [-0.2, -0.15) is 0 Å². The van der Waals surface area contributed by atoms with E-state index in [1.165, 1.54) is 17.7 Å². The third kappa shape index (κ3) is 3.73. The van der Waals surface area contributed by atoms with Gasteiger partial charge in [0.1, 0.15) is 0 Å². The highest BCUT2D eigenvalue weighted by Gasteiger charge is 2.26. The summed E-state index contributed by atoms with van der Waals surface area (Å²) in [4.78, 5) is 16.2. The topological polar surface area (TPSA) is 20.3 Å². The van der Waals surface area contributed by atoms with Crippen LogP contribution in [0.4, 0.5) is 0 Å². The van der Waals surface area contributed by atoms with E-state index in [9.17, 15) is 4.79 Å². The molecule has 0 N–H and O–H groups in total. The van der Waals surface area contributed by atoms with E-state index in [0.717, 1.165) is 24.9 Å². The Morgan fingerprint density at radius 1 is 1.10 bits per heavy atom. The lowest BCUT2D eigenvalue weighted by atomic mass is 10.1. The number of hydrogen-bond acceptors (Lipinski definition) is 2. The zero-order chi connectivity index (χ0) is 14.5. The summed E-state index contributed by atoms with van der Waals surface area (Å²) in [6.07, 6.45) is 5.34. The van der Waals surface area contributed by atoms with Crippen molar-refractivity contribution in [1.82, 2.24) is 4.90 Å². The van der Waals surface area contributed by atoms with E-state index < -0.39 is 0 Å². The zero-order valence-corrected chi connectivity index (χ0v) is 13.0. The number of thiophene rings is 1. The van der Waals surface area contributed by atoms with E-state index in [1.54, 1.807) is 11.3 Å². The maximum atomic E-state index is 12.8. The fourth-order valence-corrected chi connectivity index (χ4v) is 3.78. The first-order valence-corrected chi connectivity index (χ1v) is 8.56. The second-order valence-electron chi connectivity index (χ2n) is 5.70. The maximum Gasteiger partial charge on any atom is 0.227 e. The van der Waals surface area contributed by atoms with Crippen LogP contribution in [0, 0.1) is 0 Å². The lowest BCUT2D eigenvalue weighted by Crippen LogP contribution is -2.39. The highest BCUT2D eigenvalue weighted by Crippen LogP contribution is 2.26. The Hall–Kier alpha value is -1.61. The van der Waals surface area contributed by atoms with Crippen LogP contribution in [0.25, 0.3) is 0 Å². The third-order valence-corrected chi connectivity index (χ3v) is 5.05. The van der Waals surface area contributed by atoms with Crippen molar-refractivity contribution < 1.29 is 4.79 Å². The molecule has 1 aliphatic carbocycles. The van der Waals surface area contributed by atoms with Gasteiger partial charge in [0.2, 0.25) is 5.91 Å². The minimum atomic E-state index is 0.265. The highest BCUT2D eigenvalue weighted by molar-refractivity contribution is 7.09. The van der Waals surface area contributed by atoms with Crippen molar-refractivity contribution in [2.75, 3.05) is 0 Å². The minimum absolute atomic E-state index is 0.265. The number of carbonyl (C=O) groups is 1. The third-order valence-electron chi connectivity index (χ3n) is 4.19. The number of amides is 1. The monoisotopic (exact) mass is 299 g/mol. The molecule has 2 aromatic rings. The van der Waals surface area contributed by atoms with Gasteiger partial charge in [0.15, 0.2) is 0 Å². The van der Waals surface area contributed by atoms with Crippen LogP contribution in [-0.2, 0) is 17.8 Å².